The summed E-state index contributed by atoms with van der Waals surface area (Å²) in [5.74, 6) is -2.37. The molecule has 4 rings (SSSR count). The molecule has 0 unspecified atom stereocenters. The molecule has 1 aromatic heterocycles. The molecule has 2 aromatic carbocycles. The molecule has 1 aliphatic rings. The van der Waals surface area contributed by atoms with Crippen molar-refractivity contribution in [2.45, 2.75) is 18.8 Å². The lowest BCUT2D eigenvalue weighted by Crippen LogP contribution is -2.42. The zero-order valence-corrected chi connectivity index (χ0v) is 14.4. The van der Waals surface area contributed by atoms with Gasteiger partial charge in [-0.25, -0.2) is 8.78 Å². The molecule has 0 atom stereocenters. The molecule has 138 valence electrons. The SMILES string of the molecule is O=C(c1cccc(-c2ccc(-c3nn[nH]n3)cc2)c1)N1CCC(F)(F)CC1. The van der Waals surface area contributed by atoms with Gasteiger partial charge in [-0.2, -0.15) is 5.21 Å². The van der Waals surface area contributed by atoms with Crippen LogP contribution in [0.4, 0.5) is 8.78 Å². The van der Waals surface area contributed by atoms with Gasteiger partial charge in [-0.05, 0) is 28.5 Å². The highest BCUT2D eigenvalue weighted by Crippen LogP contribution is 2.29. The predicted octanol–water partition coefficient (Wildman–Crippen LogP) is 3.41. The van der Waals surface area contributed by atoms with Crippen LogP contribution in [-0.2, 0) is 0 Å². The van der Waals surface area contributed by atoms with E-state index in [0.717, 1.165) is 16.7 Å². The van der Waals surface area contributed by atoms with Gasteiger partial charge >= 0.3 is 0 Å². The van der Waals surface area contributed by atoms with Crippen molar-refractivity contribution in [2.75, 3.05) is 13.1 Å². The van der Waals surface area contributed by atoms with Crippen LogP contribution in [0.1, 0.15) is 23.2 Å². The van der Waals surface area contributed by atoms with E-state index in [-0.39, 0.29) is 31.8 Å². The number of piperidine rings is 1. The van der Waals surface area contributed by atoms with Gasteiger partial charge in [0.05, 0.1) is 0 Å². The first-order chi connectivity index (χ1) is 13.0. The molecule has 0 aliphatic carbocycles. The largest absolute Gasteiger partial charge is 0.338 e. The Balaban J connectivity index is 1.53. The lowest BCUT2D eigenvalue weighted by atomic mass is 10.0. The highest BCUT2D eigenvalue weighted by Gasteiger charge is 2.35. The van der Waals surface area contributed by atoms with E-state index >= 15 is 0 Å². The molecule has 1 fully saturated rings. The lowest BCUT2D eigenvalue weighted by molar-refractivity contribution is -0.0494. The zero-order valence-electron chi connectivity index (χ0n) is 14.4. The molecule has 1 N–H and O–H groups in total. The molecule has 3 aromatic rings. The van der Waals surface area contributed by atoms with Crippen molar-refractivity contribution >= 4 is 5.91 Å². The minimum atomic E-state index is -2.67. The Morgan fingerprint density at radius 2 is 1.70 bits per heavy atom. The number of carbonyl (C=O) groups is 1. The Bertz CT molecular complexity index is 931. The molecule has 27 heavy (non-hydrogen) atoms. The van der Waals surface area contributed by atoms with E-state index in [9.17, 15) is 13.6 Å². The highest BCUT2D eigenvalue weighted by molar-refractivity contribution is 5.95. The fourth-order valence-electron chi connectivity index (χ4n) is 3.15. The smallest absolute Gasteiger partial charge is 0.253 e. The third kappa shape index (κ3) is 3.69. The number of nitrogens with zero attached hydrogens (tertiary/aromatic N) is 4. The topological polar surface area (TPSA) is 74.8 Å². The highest BCUT2D eigenvalue weighted by atomic mass is 19.3. The standard InChI is InChI=1S/C19H17F2N5O/c20-19(21)8-10-26(11-9-19)18(27)16-3-1-2-15(12-16)13-4-6-14(7-5-13)17-22-24-25-23-17/h1-7,12H,8-11H2,(H,22,23,24,25). The summed E-state index contributed by atoms with van der Waals surface area (Å²) in [5, 5.41) is 13.8. The molecule has 6 nitrogen and oxygen atoms in total. The third-order valence-electron chi connectivity index (χ3n) is 4.71. The van der Waals surface area contributed by atoms with Crippen LogP contribution in [0.15, 0.2) is 48.5 Å². The molecule has 1 amide bonds. The summed E-state index contributed by atoms with van der Waals surface area (Å²) in [6, 6.07) is 14.8. The molecular formula is C19H17F2N5O. The average molecular weight is 369 g/mol. The third-order valence-corrected chi connectivity index (χ3v) is 4.71. The number of aromatic amines is 1. The van der Waals surface area contributed by atoms with Crippen molar-refractivity contribution < 1.29 is 13.6 Å². The predicted molar refractivity (Wildman–Crippen MR) is 95.1 cm³/mol. The Morgan fingerprint density at radius 3 is 2.37 bits per heavy atom. The fourth-order valence-corrected chi connectivity index (χ4v) is 3.15. The maximum absolute atomic E-state index is 13.3. The van der Waals surface area contributed by atoms with Gasteiger partial charge in [-0.15, -0.1) is 10.2 Å². The van der Waals surface area contributed by atoms with Crippen molar-refractivity contribution in [1.29, 1.82) is 0 Å². The number of alkyl halides is 2. The number of aromatic nitrogens is 4. The Hall–Kier alpha value is -3.16. The van der Waals surface area contributed by atoms with Crippen LogP contribution in [0.5, 0.6) is 0 Å². The van der Waals surface area contributed by atoms with E-state index < -0.39 is 5.92 Å². The number of carbonyl (C=O) groups excluding carboxylic acids is 1. The summed E-state index contributed by atoms with van der Waals surface area (Å²) in [4.78, 5) is 14.2. The Kier molecular flexibility index (Phi) is 4.39. The van der Waals surface area contributed by atoms with Crippen molar-refractivity contribution in [3.63, 3.8) is 0 Å². The van der Waals surface area contributed by atoms with E-state index in [0.29, 0.717) is 11.4 Å². The summed E-state index contributed by atoms with van der Waals surface area (Å²) >= 11 is 0. The van der Waals surface area contributed by atoms with E-state index in [2.05, 4.69) is 20.6 Å². The first-order valence-electron chi connectivity index (χ1n) is 8.63. The summed E-state index contributed by atoms with van der Waals surface area (Å²) in [6.07, 6.45) is -0.564. The molecule has 1 aliphatic heterocycles. The zero-order chi connectivity index (χ0) is 18.9. The second kappa shape index (κ2) is 6.86. The van der Waals surface area contributed by atoms with Crippen LogP contribution in [-0.4, -0.2) is 50.4 Å². The first kappa shape index (κ1) is 17.3. The van der Waals surface area contributed by atoms with Crippen LogP contribution < -0.4 is 0 Å². The molecule has 8 heteroatoms. The maximum atomic E-state index is 13.3. The lowest BCUT2D eigenvalue weighted by Gasteiger charge is -2.31. The number of likely N-dealkylation sites (tertiary alicyclic amines) is 1. The van der Waals surface area contributed by atoms with Gasteiger partial charge in [0.15, 0.2) is 0 Å². The second-order valence-corrected chi connectivity index (χ2v) is 6.54. The van der Waals surface area contributed by atoms with Crippen LogP contribution in [0, 0.1) is 0 Å². The van der Waals surface area contributed by atoms with Crippen LogP contribution >= 0.6 is 0 Å². The van der Waals surface area contributed by atoms with Gasteiger partial charge in [0.2, 0.25) is 5.82 Å². The molecule has 0 spiro atoms. The summed E-state index contributed by atoms with van der Waals surface area (Å²) < 4.78 is 26.6. The number of benzene rings is 2. The van der Waals surface area contributed by atoms with Crippen molar-refractivity contribution in [3.05, 3.63) is 54.1 Å². The first-order valence-corrected chi connectivity index (χ1v) is 8.63. The van der Waals surface area contributed by atoms with Gasteiger partial charge in [-0.1, -0.05) is 36.4 Å². The second-order valence-electron chi connectivity index (χ2n) is 6.54. The van der Waals surface area contributed by atoms with Gasteiger partial charge in [0.25, 0.3) is 11.8 Å². The van der Waals surface area contributed by atoms with Gasteiger partial charge in [-0.3, -0.25) is 4.79 Å². The normalized spacial score (nSPS) is 16.3. The number of tetrazole rings is 1. The number of rotatable bonds is 3. The van der Waals surface area contributed by atoms with Crippen LogP contribution in [0.2, 0.25) is 0 Å². The number of nitrogens with one attached hydrogen (secondary N) is 1. The number of halogens is 2. The monoisotopic (exact) mass is 369 g/mol. The van der Waals surface area contributed by atoms with Gasteiger partial charge < -0.3 is 4.90 Å². The maximum Gasteiger partial charge on any atom is 0.253 e. The van der Waals surface area contributed by atoms with Crippen LogP contribution in [0.3, 0.4) is 0 Å². The van der Waals surface area contributed by atoms with E-state index in [1.54, 1.807) is 18.2 Å². The Labute approximate surface area is 154 Å². The average Bonchev–Trinajstić information content (AvgIpc) is 3.23. The molecular weight excluding hydrogens is 352 g/mol. The molecule has 0 bridgehead atoms. The van der Waals surface area contributed by atoms with Gasteiger partial charge in [0, 0.05) is 37.1 Å². The number of H-pyrrole nitrogens is 1. The van der Waals surface area contributed by atoms with E-state index in [1.807, 2.05) is 30.3 Å². The quantitative estimate of drug-likeness (QED) is 0.768. The minimum Gasteiger partial charge on any atom is -0.338 e. The van der Waals surface area contributed by atoms with E-state index in [1.165, 1.54) is 4.90 Å². The fraction of sp³-hybridized carbons (Fsp3) is 0.263. The summed E-state index contributed by atoms with van der Waals surface area (Å²) in [7, 11) is 0. The van der Waals surface area contributed by atoms with Crippen LogP contribution in [0.25, 0.3) is 22.5 Å². The number of hydrogen-bond acceptors (Lipinski definition) is 4. The Morgan fingerprint density at radius 1 is 1.00 bits per heavy atom. The van der Waals surface area contributed by atoms with Crippen molar-refractivity contribution in [2.24, 2.45) is 0 Å². The van der Waals surface area contributed by atoms with Gasteiger partial charge in [0.1, 0.15) is 0 Å². The van der Waals surface area contributed by atoms with Crippen molar-refractivity contribution in [3.8, 4) is 22.5 Å². The number of amides is 1. The molecule has 0 saturated carbocycles. The molecule has 0 radical (unpaired) electrons. The molecule has 1 saturated heterocycles. The van der Waals surface area contributed by atoms with Crippen molar-refractivity contribution in [1.82, 2.24) is 25.5 Å². The molecule has 2 heterocycles. The summed E-state index contributed by atoms with van der Waals surface area (Å²) in [6.45, 7) is 0.158. The number of hydrogen-bond donors (Lipinski definition) is 1. The summed E-state index contributed by atoms with van der Waals surface area (Å²) in [5.41, 5.74) is 3.14. The van der Waals surface area contributed by atoms with E-state index in [4.69, 9.17) is 0 Å². The minimum absolute atomic E-state index is 0.0788.